The fourth-order valence-corrected chi connectivity index (χ4v) is 9.66. The largest absolute Gasteiger partial charge is 0.456 e. The van der Waals surface area contributed by atoms with E-state index in [9.17, 15) is 0 Å². The molecule has 2 aliphatic rings. The SMILES string of the molecule is C1=C2c3c(cc4oc5ccccc5c4c3-c3ccccc3)CCC(c3ccc4ccccc4c3)C2CC=C1N(c1ccccc1)c1ccc(-c2ccccc2)cc1. The lowest BCUT2D eigenvalue weighted by Gasteiger charge is -2.35. The van der Waals surface area contributed by atoms with Crippen molar-refractivity contribution < 1.29 is 4.42 Å². The number of hydrogen-bond donors (Lipinski definition) is 0. The van der Waals surface area contributed by atoms with Crippen LogP contribution < -0.4 is 4.90 Å². The molecule has 0 radical (unpaired) electrons. The van der Waals surface area contributed by atoms with Gasteiger partial charge in [0.2, 0.25) is 0 Å². The average molecular weight is 732 g/mol. The number of furan rings is 1. The summed E-state index contributed by atoms with van der Waals surface area (Å²) in [4.78, 5) is 2.45. The van der Waals surface area contributed by atoms with Gasteiger partial charge >= 0.3 is 0 Å². The predicted molar refractivity (Wildman–Crippen MR) is 239 cm³/mol. The molecular formula is C55H41NO. The molecule has 0 N–H and O–H groups in total. The number of fused-ring (bicyclic) bond motifs is 7. The smallest absolute Gasteiger partial charge is 0.136 e. The summed E-state index contributed by atoms with van der Waals surface area (Å²) in [5, 5.41) is 4.96. The highest BCUT2D eigenvalue weighted by molar-refractivity contribution is 6.15. The lowest BCUT2D eigenvalue weighted by atomic mass is 9.73. The molecule has 57 heavy (non-hydrogen) atoms. The van der Waals surface area contributed by atoms with Crippen LogP contribution in [0, 0.1) is 5.92 Å². The number of nitrogens with zero attached hydrogens (tertiary/aromatic N) is 1. The van der Waals surface area contributed by atoms with Crippen molar-refractivity contribution in [2.24, 2.45) is 5.92 Å². The van der Waals surface area contributed by atoms with Gasteiger partial charge in [0, 0.05) is 33.4 Å². The van der Waals surface area contributed by atoms with Crippen molar-refractivity contribution in [1.82, 2.24) is 0 Å². The van der Waals surface area contributed by atoms with Gasteiger partial charge in [-0.15, -0.1) is 0 Å². The highest BCUT2D eigenvalue weighted by atomic mass is 16.3. The van der Waals surface area contributed by atoms with Gasteiger partial charge in [-0.3, -0.25) is 0 Å². The molecule has 0 aliphatic heterocycles. The van der Waals surface area contributed by atoms with Gasteiger partial charge in [0.25, 0.3) is 0 Å². The molecule has 11 rings (SSSR count). The van der Waals surface area contributed by atoms with Gasteiger partial charge in [-0.1, -0.05) is 158 Å². The third kappa shape index (κ3) is 5.88. The molecule has 0 fully saturated rings. The van der Waals surface area contributed by atoms with E-state index in [4.69, 9.17) is 4.42 Å². The minimum Gasteiger partial charge on any atom is -0.456 e. The maximum absolute atomic E-state index is 6.69. The Morgan fingerprint density at radius 3 is 1.93 bits per heavy atom. The molecule has 2 atom stereocenters. The van der Waals surface area contributed by atoms with Gasteiger partial charge in [-0.2, -0.15) is 0 Å². The van der Waals surface area contributed by atoms with E-state index >= 15 is 0 Å². The quantitative estimate of drug-likeness (QED) is 0.169. The summed E-state index contributed by atoms with van der Waals surface area (Å²) in [6.07, 6.45) is 7.98. The molecule has 0 saturated heterocycles. The van der Waals surface area contributed by atoms with Gasteiger partial charge < -0.3 is 9.32 Å². The minimum absolute atomic E-state index is 0.285. The number of benzene rings is 8. The fraction of sp³-hybridized carbons (Fsp3) is 0.0909. The number of aryl methyl sites for hydroxylation is 1. The first-order valence-electron chi connectivity index (χ1n) is 20.2. The summed E-state index contributed by atoms with van der Waals surface area (Å²) in [6, 6.07) is 68.4. The molecule has 0 bridgehead atoms. The zero-order valence-electron chi connectivity index (χ0n) is 31.7. The fourth-order valence-electron chi connectivity index (χ4n) is 9.66. The van der Waals surface area contributed by atoms with Crippen LogP contribution in [-0.4, -0.2) is 0 Å². The van der Waals surface area contributed by atoms with Crippen LogP contribution in [0.4, 0.5) is 11.4 Å². The number of rotatable bonds is 6. The molecule has 0 amide bonds. The zero-order chi connectivity index (χ0) is 37.7. The Kier molecular flexibility index (Phi) is 8.21. The van der Waals surface area contributed by atoms with Crippen LogP contribution in [0.15, 0.2) is 210 Å². The molecule has 2 heteroatoms. The summed E-state index contributed by atoms with van der Waals surface area (Å²) < 4.78 is 6.69. The lowest BCUT2D eigenvalue weighted by molar-refractivity contribution is 0.498. The van der Waals surface area contributed by atoms with Crippen LogP contribution in [-0.2, 0) is 6.42 Å². The maximum atomic E-state index is 6.69. The number of allylic oxidation sites excluding steroid dienone is 3. The Morgan fingerprint density at radius 2 is 1.14 bits per heavy atom. The summed E-state index contributed by atoms with van der Waals surface area (Å²) >= 11 is 0. The molecular weight excluding hydrogens is 691 g/mol. The summed E-state index contributed by atoms with van der Waals surface area (Å²) in [7, 11) is 0. The van der Waals surface area contributed by atoms with Crippen molar-refractivity contribution in [1.29, 1.82) is 0 Å². The molecule has 8 aromatic carbocycles. The van der Waals surface area contributed by atoms with Crippen LogP contribution in [0.2, 0.25) is 0 Å². The second-order valence-electron chi connectivity index (χ2n) is 15.5. The predicted octanol–water partition coefficient (Wildman–Crippen LogP) is 14.9. The highest BCUT2D eigenvalue weighted by Gasteiger charge is 2.36. The van der Waals surface area contributed by atoms with Crippen molar-refractivity contribution in [3.63, 3.8) is 0 Å². The number of hydrogen-bond acceptors (Lipinski definition) is 2. The maximum Gasteiger partial charge on any atom is 0.136 e. The van der Waals surface area contributed by atoms with Crippen molar-refractivity contribution in [3.05, 3.63) is 223 Å². The van der Waals surface area contributed by atoms with E-state index in [0.717, 1.165) is 47.2 Å². The molecule has 2 nitrogen and oxygen atoms in total. The summed E-state index contributed by atoms with van der Waals surface area (Å²) in [6.45, 7) is 0. The van der Waals surface area contributed by atoms with Crippen LogP contribution in [0.5, 0.6) is 0 Å². The molecule has 2 unspecified atom stereocenters. The first-order valence-corrected chi connectivity index (χ1v) is 20.2. The minimum atomic E-state index is 0.285. The lowest BCUT2D eigenvalue weighted by Crippen LogP contribution is -2.22. The third-order valence-electron chi connectivity index (χ3n) is 12.3. The van der Waals surface area contributed by atoms with Crippen LogP contribution in [0.3, 0.4) is 0 Å². The Hall–Kier alpha value is -6.90. The molecule has 272 valence electrons. The van der Waals surface area contributed by atoms with Crippen LogP contribution in [0.25, 0.3) is 60.5 Å². The Morgan fingerprint density at radius 1 is 0.491 bits per heavy atom. The molecule has 1 heterocycles. The van der Waals surface area contributed by atoms with E-state index < -0.39 is 0 Å². The molecule has 9 aromatic rings. The highest BCUT2D eigenvalue weighted by Crippen LogP contribution is 2.53. The van der Waals surface area contributed by atoms with Crippen LogP contribution in [0.1, 0.15) is 35.4 Å². The first kappa shape index (κ1) is 33.4. The van der Waals surface area contributed by atoms with Crippen molar-refractivity contribution >= 4 is 49.7 Å². The van der Waals surface area contributed by atoms with Crippen molar-refractivity contribution in [2.75, 3.05) is 4.90 Å². The van der Waals surface area contributed by atoms with E-state index in [1.165, 1.54) is 66.4 Å². The zero-order valence-corrected chi connectivity index (χ0v) is 31.7. The van der Waals surface area contributed by atoms with E-state index in [1.54, 1.807) is 0 Å². The third-order valence-corrected chi connectivity index (χ3v) is 12.3. The standard InChI is InChI=1S/C55H41NO/c1-4-14-37(15-5-1)39-26-29-45(30-27-39)56(44-20-8-3-9-21-44)46-31-33-48-47(42-25-24-38-16-10-11-19-41(38)34-42)32-28-43-35-52-55(49-22-12-13-23-51(49)57-52)54(53(43)50(48)36-46)40-17-6-2-7-18-40/h1-27,29-31,34-36,47-48H,28,32-33H2. The van der Waals surface area contributed by atoms with Gasteiger partial charge in [0.05, 0.1) is 0 Å². The molecule has 1 aromatic heterocycles. The molecule has 2 aliphatic carbocycles. The van der Waals surface area contributed by atoms with E-state index in [-0.39, 0.29) is 5.92 Å². The van der Waals surface area contributed by atoms with Gasteiger partial charge in [0.1, 0.15) is 11.2 Å². The van der Waals surface area contributed by atoms with Gasteiger partial charge in [0.15, 0.2) is 0 Å². The second-order valence-corrected chi connectivity index (χ2v) is 15.5. The Balaban J connectivity index is 1.15. The van der Waals surface area contributed by atoms with Gasteiger partial charge in [-0.25, -0.2) is 0 Å². The topological polar surface area (TPSA) is 16.4 Å². The first-order chi connectivity index (χ1) is 28.3. The van der Waals surface area contributed by atoms with E-state index in [2.05, 4.69) is 205 Å². The van der Waals surface area contributed by atoms with E-state index in [0.29, 0.717) is 5.92 Å². The molecule has 0 spiro atoms. The van der Waals surface area contributed by atoms with Crippen LogP contribution >= 0.6 is 0 Å². The number of anilines is 2. The normalized spacial score (nSPS) is 16.4. The molecule has 0 saturated carbocycles. The van der Waals surface area contributed by atoms with Crippen molar-refractivity contribution in [2.45, 2.75) is 25.2 Å². The number of para-hydroxylation sites is 2. The second kappa shape index (κ2) is 14.0. The summed E-state index contributed by atoms with van der Waals surface area (Å²) in [5.74, 6) is 0.625. The van der Waals surface area contributed by atoms with E-state index in [1.807, 2.05) is 0 Å². The Labute approximate surface area is 333 Å². The van der Waals surface area contributed by atoms with Gasteiger partial charge in [-0.05, 0) is 123 Å². The summed E-state index contributed by atoms with van der Waals surface area (Å²) in [5.41, 5.74) is 15.9. The Bertz CT molecular complexity index is 2970. The average Bonchev–Trinajstić information content (AvgIpc) is 3.57. The monoisotopic (exact) mass is 731 g/mol. The van der Waals surface area contributed by atoms with Crippen molar-refractivity contribution in [3.8, 4) is 22.3 Å².